The van der Waals surface area contributed by atoms with E-state index in [2.05, 4.69) is 41.6 Å². The average molecular weight is 229 g/mol. The summed E-state index contributed by atoms with van der Waals surface area (Å²) >= 11 is 1.69. The second kappa shape index (κ2) is 6.07. The molecule has 0 radical (unpaired) electrons. The average Bonchev–Trinajstić information content (AvgIpc) is 2.51. The van der Waals surface area contributed by atoms with E-state index < -0.39 is 0 Å². The predicted octanol–water partition coefficient (Wildman–Crippen LogP) is 0.936. The minimum absolute atomic E-state index is 0.480. The maximum Gasteiger partial charge on any atom is 0.209 e. The van der Waals surface area contributed by atoms with Crippen molar-refractivity contribution in [3.8, 4) is 0 Å². The molecule has 0 aromatic carbocycles. The molecule has 0 fully saturated rings. The fourth-order valence-corrected chi connectivity index (χ4v) is 1.95. The van der Waals surface area contributed by atoms with Gasteiger partial charge in [-0.1, -0.05) is 32.5 Å². The van der Waals surface area contributed by atoms with Gasteiger partial charge in [0.2, 0.25) is 5.16 Å². The van der Waals surface area contributed by atoms with Gasteiger partial charge in [0.1, 0.15) is 0 Å². The quantitative estimate of drug-likeness (QED) is 0.736. The van der Waals surface area contributed by atoms with Crippen molar-refractivity contribution >= 4 is 11.8 Å². The molecule has 0 aliphatic heterocycles. The Balaban J connectivity index is 2.24. The van der Waals surface area contributed by atoms with Crippen molar-refractivity contribution in [1.82, 2.24) is 25.5 Å². The number of nitrogens with zero attached hydrogens (tertiary/aromatic N) is 4. The summed E-state index contributed by atoms with van der Waals surface area (Å²) in [6.07, 6.45) is 0. The Morgan fingerprint density at radius 1 is 1.33 bits per heavy atom. The van der Waals surface area contributed by atoms with E-state index in [9.17, 15) is 0 Å². The number of nitrogens with one attached hydrogen (secondary N) is 1. The van der Waals surface area contributed by atoms with E-state index in [0.717, 1.165) is 18.2 Å². The molecule has 0 aliphatic rings. The highest BCUT2D eigenvalue weighted by atomic mass is 32.2. The summed E-state index contributed by atoms with van der Waals surface area (Å²) in [5.74, 6) is 0.693. The van der Waals surface area contributed by atoms with Gasteiger partial charge in [0.05, 0.1) is 0 Å². The molecule has 86 valence electrons. The first-order chi connectivity index (χ1) is 7.09. The molecular weight excluding hydrogens is 210 g/mol. The molecule has 1 rings (SSSR count). The standard InChI is InChI=1S/C9H19N5S/c1-7(2)5-10-6-8(3)15-9-11-12-13-14(9)4/h7-8,10H,5-6H2,1-4H3. The third-order valence-electron chi connectivity index (χ3n) is 1.87. The van der Waals surface area contributed by atoms with E-state index >= 15 is 0 Å². The minimum atomic E-state index is 0.480. The molecule has 15 heavy (non-hydrogen) atoms. The van der Waals surface area contributed by atoms with Gasteiger partial charge in [0.25, 0.3) is 0 Å². The number of aromatic nitrogens is 4. The minimum Gasteiger partial charge on any atom is -0.315 e. The van der Waals surface area contributed by atoms with E-state index in [1.54, 1.807) is 16.4 Å². The van der Waals surface area contributed by atoms with Gasteiger partial charge in [-0.3, -0.25) is 0 Å². The van der Waals surface area contributed by atoms with Gasteiger partial charge < -0.3 is 5.32 Å². The predicted molar refractivity (Wildman–Crippen MR) is 61.8 cm³/mol. The SMILES string of the molecule is CC(C)CNCC(C)Sc1nnnn1C. The first kappa shape index (κ1) is 12.4. The number of thioether (sulfide) groups is 1. The lowest BCUT2D eigenvalue weighted by Gasteiger charge is -2.12. The van der Waals surface area contributed by atoms with E-state index in [0.29, 0.717) is 11.2 Å². The second-order valence-electron chi connectivity index (χ2n) is 4.07. The molecule has 5 nitrogen and oxygen atoms in total. The van der Waals surface area contributed by atoms with Crippen LogP contribution in [-0.4, -0.2) is 38.5 Å². The third-order valence-corrected chi connectivity index (χ3v) is 3.00. The summed E-state index contributed by atoms with van der Waals surface area (Å²) in [5, 5.41) is 16.1. The van der Waals surface area contributed by atoms with Crippen LogP contribution in [0.15, 0.2) is 5.16 Å². The molecule has 0 amide bonds. The molecule has 1 atom stereocenters. The van der Waals surface area contributed by atoms with Crippen LogP contribution in [0.2, 0.25) is 0 Å². The fourth-order valence-electron chi connectivity index (χ4n) is 1.12. The van der Waals surface area contributed by atoms with E-state index in [1.807, 2.05) is 7.05 Å². The van der Waals surface area contributed by atoms with Gasteiger partial charge in [0, 0.05) is 18.8 Å². The van der Waals surface area contributed by atoms with Crippen LogP contribution in [0, 0.1) is 5.92 Å². The number of rotatable bonds is 6. The Kier molecular flexibility index (Phi) is 5.04. The molecule has 1 heterocycles. The van der Waals surface area contributed by atoms with Crippen molar-refractivity contribution < 1.29 is 0 Å². The van der Waals surface area contributed by atoms with Crippen LogP contribution >= 0.6 is 11.8 Å². The van der Waals surface area contributed by atoms with Crippen LogP contribution in [0.5, 0.6) is 0 Å². The van der Waals surface area contributed by atoms with Gasteiger partial charge >= 0.3 is 0 Å². The Hall–Kier alpha value is -0.620. The smallest absolute Gasteiger partial charge is 0.209 e. The van der Waals surface area contributed by atoms with Gasteiger partial charge in [-0.15, -0.1) is 5.10 Å². The Morgan fingerprint density at radius 2 is 2.07 bits per heavy atom. The zero-order valence-corrected chi connectivity index (χ0v) is 10.6. The molecule has 0 aliphatic carbocycles. The summed E-state index contributed by atoms with van der Waals surface area (Å²) < 4.78 is 1.70. The third kappa shape index (κ3) is 4.61. The highest BCUT2D eigenvalue weighted by Crippen LogP contribution is 2.18. The zero-order chi connectivity index (χ0) is 11.3. The number of aryl methyl sites for hydroxylation is 1. The van der Waals surface area contributed by atoms with E-state index in [4.69, 9.17) is 0 Å². The summed E-state index contributed by atoms with van der Waals surface area (Å²) in [4.78, 5) is 0. The van der Waals surface area contributed by atoms with Crippen molar-refractivity contribution in [3.05, 3.63) is 0 Å². The van der Waals surface area contributed by atoms with Crippen molar-refractivity contribution in [2.75, 3.05) is 13.1 Å². The summed E-state index contributed by atoms with van der Waals surface area (Å²) in [7, 11) is 1.86. The number of tetrazole rings is 1. The maximum atomic E-state index is 3.94. The number of hydrogen-bond acceptors (Lipinski definition) is 5. The summed E-state index contributed by atoms with van der Waals surface area (Å²) in [5.41, 5.74) is 0. The van der Waals surface area contributed by atoms with Gasteiger partial charge in [-0.25, -0.2) is 4.68 Å². The Labute approximate surface area is 95.0 Å². The normalized spacial score (nSPS) is 13.4. The van der Waals surface area contributed by atoms with Crippen LogP contribution in [0.3, 0.4) is 0 Å². The first-order valence-corrected chi connectivity index (χ1v) is 6.07. The van der Waals surface area contributed by atoms with Gasteiger partial charge in [-0.2, -0.15) is 0 Å². The lowest BCUT2D eigenvalue weighted by atomic mass is 10.2. The molecule has 1 aromatic heterocycles. The number of hydrogen-bond donors (Lipinski definition) is 1. The molecule has 1 unspecified atom stereocenters. The van der Waals surface area contributed by atoms with Gasteiger partial charge in [-0.05, 0) is 22.9 Å². The summed E-state index contributed by atoms with van der Waals surface area (Å²) in [6, 6.07) is 0. The largest absolute Gasteiger partial charge is 0.315 e. The Bertz CT molecular complexity index is 286. The molecular formula is C9H19N5S. The molecule has 0 bridgehead atoms. The topological polar surface area (TPSA) is 55.6 Å². The van der Waals surface area contributed by atoms with Gasteiger partial charge in [0.15, 0.2) is 0 Å². The lowest BCUT2D eigenvalue weighted by molar-refractivity contribution is 0.553. The molecule has 1 aromatic rings. The molecule has 0 spiro atoms. The van der Waals surface area contributed by atoms with Crippen LogP contribution in [0.1, 0.15) is 20.8 Å². The van der Waals surface area contributed by atoms with Crippen molar-refractivity contribution in [1.29, 1.82) is 0 Å². The van der Waals surface area contributed by atoms with Crippen LogP contribution in [-0.2, 0) is 7.05 Å². The van der Waals surface area contributed by atoms with Crippen molar-refractivity contribution in [2.24, 2.45) is 13.0 Å². The molecule has 0 saturated carbocycles. The summed E-state index contributed by atoms with van der Waals surface area (Å²) in [6.45, 7) is 8.62. The zero-order valence-electron chi connectivity index (χ0n) is 9.77. The van der Waals surface area contributed by atoms with Crippen LogP contribution < -0.4 is 5.32 Å². The van der Waals surface area contributed by atoms with Crippen molar-refractivity contribution in [2.45, 2.75) is 31.2 Å². The lowest BCUT2D eigenvalue weighted by Crippen LogP contribution is -2.26. The monoisotopic (exact) mass is 229 g/mol. The van der Waals surface area contributed by atoms with Crippen molar-refractivity contribution in [3.63, 3.8) is 0 Å². The highest BCUT2D eigenvalue weighted by Gasteiger charge is 2.09. The fraction of sp³-hybridized carbons (Fsp3) is 0.889. The van der Waals surface area contributed by atoms with Crippen LogP contribution in [0.25, 0.3) is 0 Å². The highest BCUT2D eigenvalue weighted by molar-refractivity contribution is 7.99. The first-order valence-electron chi connectivity index (χ1n) is 5.19. The molecule has 0 saturated heterocycles. The van der Waals surface area contributed by atoms with Crippen LogP contribution in [0.4, 0.5) is 0 Å². The molecule has 6 heteroatoms. The second-order valence-corrected chi connectivity index (χ2v) is 5.47. The molecule has 1 N–H and O–H groups in total. The van der Waals surface area contributed by atoms with E-state index in [1.165, 1.54) is 0 Å². The van der Waals surface area contributed by atoms with E-state index in [-0.39, 0.29) is 0 Å². The maximum absolute atomic E-state index is 3.94. The Morgan fingerprint density at radius 3 is 2.60 bits per heavy atom.